The van der Waals surface area contributed by atoms with E-state index in [4.69, 9.17) is 10.5 Å². The third-order valence-electron chi connectivity index (χ3n) is 2.26. The van der Waals surface area contributed by atoms with Crippen LogP contribution >= 0.6 is 0 Å². The maximum absolute atomic E-state index is 5.70. The van der Waals surface area contributed by atoms with Gasteiger partial charge in [0.2, 0.25) is 0 Å². The molecule has 0 fully saturated rings. The third-order valence-corrected chi connectivity index (χ3v) is 2.26. The van der Waals surface area contributed by atoms with Gasteiger partial charge in [-0.1, -0.05) is 6.07 Å². The highest BCUT2D eigenvalue weighted by Crippen LogP contribution is 2.10. The molecule has 2 aromatic heterocycles. The fourth-order valence-corrected chi connectivity index (χ4v) is 1.50. The highest BCUT2D eigenvalue weighted by atomic mass is 16.5. The molecule has 0 amide bonds. The molecule has 94 valence electrons. The van der Waals surface area contributed by atoms with Crippen LogP contribution in [-0.4, -0.2) is 22.1 Å². The number of anilines is 2. The van der Waals surface area contributed by atoms with Crippen LogP contribution < -0.4 is 11.1 Å². The summed E-state index contributed by atoms with van der Waals surface area (Å²) in [6.07, 6.45) is 3.54. The molecule has 6 heteroatoms. The molecule has 2 rings (SSSR count). The number of pyridine rings is 1. The van der Waals surface area contributed by atoms with Crippen LogP contribution in [0.2, 0.25) is 0 Å². The maximum Gasteiger partial charge on any atom is 0.158 e. The number of nitrogens with two attached hydrogens (primary N) is 1. The SMILES string of the molecule is COCc1nc(N)cc(NCc2cccnc2)n1. The Hall–Kier alpha value is -2.21. The molecule has 3 N–H and O–H groups in total. The van der Waals surface area contributed by atoms with Crippen molar-refractivity contribution >= 4 is 11.6 Å². The highest BCUT2D eigenvalue weighted by molar-refractivity contribution is 5.44. The molecular formula is C12H15N5O. The van der Waals surface area contributed by atoms with Crippen LogP contribution in [0.5, 0.6) is 0 Å². The lowest BCUT2D eigenvalue weighted by Gasteiger charge is -2.07. The average molecular weight is 245 g/mol. The molecule has 2 aromatic rings. The number of rotatable bonds is 5. The zero-order valence-corrected chi connectivity index (χ0v) is 10.1. The summed E-state index contributed by atoms with van der Waals surface area (Å²) in [6, 6.07) is 5.57. The first-order valence-electron chi connectivity index (χ1n) is 5.53. The van der Waals surface area contributed by atoms with Crippen LogP contribution in [0.3, 0.4) is 0 Å². The first kappa shape index (κ1) is 12.3. The van der Waals surface area contributed by atoms with Gasteiger partial charge in [0.15, 0.2) is 5.82 Å². The van der Waals surface area contributed by atoms with Crippen molar-refractivity contribution in [2.45, 2.75) is 13.2 Å². The molecule has 0 aromatic carbocycles. The van der Waals surface area contributed by atoms with Crippen LogP contribution in [0.1, 0.15) is 11.4 Å². The molecule has 0 unspecified atom stereocenters. The zero-order valence-electron chi connectivity index (χ0n) is 10.1. The molecule has 0 aliphatic rings. The predicted molar refractivity (Wildman–Crippen MR) is 68.7 cm³/mol. The van der Waals surface area contributed by atoms with Gasteiger partial charge in [-0.15, -0.1) is 0 Å². The van der Waals surface area contributed by atoms with E-state index in [0.717, 1.165) is 5.56 Å². The lowest BCUT2D eigenvalue weighted by atomic mass is 10.3. The van der Waals surface area contributed by atoms with Crippen molar-refractivity contribution in [2.75, 3.05) is 18.2 Å². The second kappa shape index (κ2) is 5.92. The molecule has 0 atom stereocenters. The van der Waals surface area contributed by atoms with E-state index in [1.54, 1.807) is 25.6 Å². The van der Waals surface area contributed by atoms with E-state index in [0.29, 0.717) is 30.6 Å². The molecule has 2 heterocycles. The van der Waals surface area contributed by atoms with Gasteiger partial charge < -0.3 is 15.8 Å². The van der Waals surface area contributed by atoms with Gasteiger partial charge >= 0.3 is 0 Å². The lowest BCUT2D eigenvalue weighted by Crippen LogP contribution is -2.07. The van der Waals surface area contributed by atoms with Crippen LogP contribution in [0.25, 0.3) is 0 Å². The molecule has 0 radical (unpaired) electrons. The van der Waals surface area contributed by atoms with Crippen molar-refractivity contribution < 1.29 is 4.74 Å². The Labute approximate surface area is 105 Å². The highest BCUT2D eigenvalue weighted by Gasteiger charge is 2.02. The molecule has 0 aliphatic heterocycles. The number of hydrogen-bond donors (Lipinski definition) is 2. The van der Waals surface area contributed by atoms with Gasteiger partial charge in [0.1, 0.15) is 18.2 Å². The number of hydrogen-bond acceptors (Lipinski definition) is 6. The minimum Gasteiger partial charge on any atom is -0.384 e. The summed E-state index contributed by atoms with van der Waals surface area (Å²) in [6.45, 7) is 0.976. The van der Waals surface area contributed by atoms with Gasteiger partial charge in [0, 0.05) is 32.1 Å². The zero-order chi connectivity index (χ0) is 12.8. The van der Waals surface area contributed by atoms with Crippen molar-refractivity contribution in [1.29, 1.82) is 0 Å². The Morgan fingerprint density at radius 2 is 2.28 bits per heavy atom. The van der Waals surface area contributed by atoms with E-state index >= 15 is 0 Å². The summed E-state index contributed by atoms with van der Waals surface area (Å²) in [5, 5.41) is 3.17. The van der Waals surface area contributed by atoms with Crippen LogP contribution in [0.4, 0.5) is 11.6 Å². The van der Waals surface area contributed by atoms with Gasteiger partial charge in [-0.25, -0.2) is 9.97 Å². The normalized spacial score (nSPS) is 10.3. The first-order valence-corrected chi connectivity index (χ1v) is 5.53. The number of aromatic nitrogens is 3. The molecule has 6 nitrogen and oxygen atoms in total. The predicted octanol–water partition coefficient (Wildman–Crippen LogP) is 1.21. The first-order chi connectivity index (χ1) is 8.78. The monoisotopic (exact) mass is 245 g/mol. The molecule has 18 heavy (non-hydrogen) atoms. The summed E-state index contributed by atoms with van der Waals surface area (Å²) in [7, 11) is 1.59. The number of nitrogens with one attached hydrogen (secondary N) is 1. The van der Waals surface area contributed by atoms with Crippen molar-refractivity contribution in [1.82, 2.24) is 15.0 Å². The minimum absolute atomic E-state index is 0.340. The van der Waals surface area contributed by atoms with Gasteiger partial charge in [-0.3, -0.25) is 4.98 Å². The van der Waals surface area contributed by atoms with Crippen molar-refractivity contribution in [2.24, 2.45) is 0 Å². The fraction of sp³-hybridized carbons (Fsp3) is 0.250. The smallest absolute Gasteiger partial charge is 0.158 e. The lowest BCUT2D eigenvalue weighted by molar-refractivity contribution is 0.178. The number of nitrogens with zero attached hydrogens (tertiary/aromatic N) is 3. The van der Waals surface area contributed by atoms with Crippen molar-refractivity contribution in [3.63, 3.8) is 0 Å². The van der Waals surface area contributed by atoms with E-state index in [1.165, 1.54) is 0 Å². The summed E-state index contributed by atoms with van der Waals surface area (Å²) >= 11 is 0. The molecular weight excluding hydrogens is 230 g/mol. The number of ether oxygens (including phenoxy) is 1. The van der Waals surface area contributed by atoms with Crippen LogP contribution in [0, 0.1) is 0 Å². The Bertz CT molecular complexity index is 503. The third kappa shape index (κ3) is 3.39. The number of nitrogen functional groups attached to an aromatic ring is 1. The Balaban J connectivity index is 2.05. The van der Waals surface area contributed by atoms with Crippen LogP contribution in [-0.2, 0) is 17.9 Å². The standard InChI is InChI=1S/C12H15N5O/c1-18-8-12-16-10(13)5-11(17-12)15-7-9-3-2-4-14-6-9/h2-6H,7-8H2,1H3,(H3,13,15,16,17). The summed E-state index contributed by atoms with van der Waals surface area (Å²) < 4.78 is 4.98. The van der Waals surface area contributed by atoms with E-state index in [-0.39, 0.29) is 0 Å². The topological polar surface area (TPSA) is 86.0 Å². The largest absolute Gasteiger partial charge is 0.384 e. The van der Waals surface area contributed by atoms with Crippen molar-refractivity contribution in [3.8, 4) is 0 Å². The Morgan fingerprint density at radius 1 is 1.39 bits per heavy atom. The Morgan fingerprint density at radius 3 is 3.00 bits per heavy atom. The maximum atomic E-state index is 5.70. The second-order valence-corrected chi connectivity index (χ2v) is 3.74. The minimum atomic E-state index is 0.340. The van der Waals surface area contributed by atoms with E-state index < -0.39 is 0 Å². The summed E-state index contributed by atoms with van der Waals surface area (Å²) in [5.74, 6) is 1.66. The molecule has 0 saturated carbocycles. The average Bonchev–Trinajstić information content (AvgIpc) is 2.37. The molecule has 0 spiro atoms. The van der Waals surface area contributed by atoms with Crippen LogP contribution in [0.15, 0.2) is 30.6 Å². The second-order valence-electron chi connectivity index (χ2n) is 3.74. The summed E-state index contributed by atoms with van der Waals surface area (Å²) in [4.78, 5) is 12.4. The van der Waals surface area contributed by atoms with E-state index in [1.807, 2.05) is 12.1 Å². The van der Waals surface area contributed by atoms with Gasteiger partial charge in [0.05, 0.1) is 0 Å². The Kier molecular flexibility index (Phi) is 4.03. The van der Waals surface area contributed by atoms with Crippen molar-refractivity contribution in [3.05, 3.63) is 42.0 Å². The molecule has 0 bridgehead atoms. The molecule has 0 saturated heterocycles. The van der Waals surface area contributed by atoms with Gasteiger partial charge in [-0.05, 0) is 11.6 Å². The van der Waals surface area contributed by atoms with E-state index in [9.17, 15) is 0 Å². The number of methoxy groups -OCH3 is 1. The quantitative estimate of drug-likeness (QED) is 0.823. The van der Waals surface area contributed by atoms with Gasteiger partial charge in [-0.2, -0.15) is 0 Å². The molecule has 0 aliphatic carbocycles. The fourth-order valence-electron chi connectivity index (χ4n) is 1.50. The van der Waals surface area contributed by atoms with Gasteiger partial charge in [0.25, 0.3) is 0 Å². The summed E-state index contributed by atoms with van der Waals surface area (Å²) in [5.41, 5.74) is 6.77. The van der Waals surface area contributed by atoms with E-state index in [2.05, 4.69) is 20.3 Å².